The fourth-order valence-electron chi connectivity index (χ4n) is 9.72. The number of allylic oxidation sites excluding steroid dienone is 10. The zero-order valence-corrected chi connectivity index (χ0v) is 50.8. The smallest absolute Gasteiger partial charge is 0.306 e. The van der Waals surface area contributed by atoms with E-state index in [1.165, 1.54) is 231 Å². The maximum absolute atomic E-state index is 12.9. The Morgan fingerprint density at radius 3 is 0.737 bits per heavy atom. The molecule has 0 bridgehead atoms. The summed E-state index contributed by atoms with van der Waals surface area (Å²) in [6, 6.07) is 0. The zero-order chi connectivity index (χ0) is 55.0. The summed E-state index contributed by atoms with van der Waals surface area (Å²) in [7, 11) is 0. The number of unbranched alkanes of at least 4 members (excludes halogenated alkanes) is 40. The van der Waals surface area contributed by atoms with E-state index in [1.54, 1.807) is 0 Å². The molecular weight excluding hydrogens is 937 g/mol. The van der Waals surface area contributed by atoms with Crippen molar-refractivity contribution in [3.63, 3.8) is 0 Å². The Morgan fingerprint density at radius 2 is 0.474 bits per heavy atom. The van der Waals surface area contributed by atoms with Crippen LogP contribution in [0.2, 0.25) is 0 Å². The van der Waals surface area contributed by atoms with Crippen LogP contribution in [0.25, 0.3) is 0 Å². The second kappa shape index (κ2) is 64.6. The summed E-state index contributed by atoms with van der Waals surface area (Å²) in [4.78, 5) is 38.3. The van der Waals surface area contributed by atoms with Crippen LogP contribution in [0, 0.1) is 0 Å². The van der Waals surface area contributed by atoms with E-state index in [0.717, 1.165) is 77.0 Å². The lowest BCUT2D eigenvalue weighted by Crippen LogP contribution is -2.30. The number of carbonyl (C=O) groups excluding carboxylic acids is 3. The van der Waals surface area contributed by atoms with E-state index in [1.807, 2.05) is 0 Å². The third kappa shape index (κ3) is 62.0. The highest BCUT2D eigenvalue weighted by molar-refractivity contribution is 5.71. The molecule has 0 spiro atoms. The minimum absolute atomic E-state index is 0.0730. The average Bonchev–Trinajstić information content (AvgIpc) is 3.42. The van der Waals surface area contributed by atoms with Crippen molar-refractivity contribution in [1.82, 2.24) is 0 Å². The van der Waals surface area contributed by atoms with Gasteiger partial charge in [-0.3, -0.25) is 14.4 Å². The van der Waals surface area contributed by atoms with Gasteiger partial charge in [0.25, 0.3) is 0 Å². The molecule has 0 aliphatic carbocycles. The molecule has 0 fully saturated rings. The minimum atomic E-state index is -0.775. The molecule has 0 heterocycles. The van der Waals surface area contributed by atoms with Crippen molar-refractivity contribution in [1.29, 1.82) is 0 Å². The van der Waals surface area contributed by atoms with Gasteiger partial charge in [-0.05, 0) is 89.9 Å². The Morgan fingerprint density at radius 1 is 0.263 bits per heavy atom. The number of hydrogen-bond donors (Lipinski definition) is 0. The molecule has 0 aromatic heterocycles. The molecule has 76 heavy (non-hydrogen) atoms. The molecule has 1 unspecified atom stereocenters. The van der Waals surface area contributed by atoms with Gasteiger partial charge in [0.15, 0.2) is 6.10 Å². The lowest BCUT2D eigenvalue weighted by Gasteiger charge is -2.18. The van der Waals surface area contributed by atoms with E-state index in [4.69, 9.17) is 14.2 Å². The van der Waals surface area contributed by atoms with Crippen molar-refractivity contribution in [3.8, 4) is 0 Å². The number of ether oxygens (including phenoxy) is 3. The molecule has 0 saturated heterocycles. The molecule has 6 heteroatoms. The first kappa shape index (κ1) is 73.1. The Bertz CT molecular complexity index is 1360. The van der Waals surface area contributed by atoms with Crippen LogP contribution in [0.15, 0.2) is 60.8 Å². The normalized spacial score (nSPS) is 12.4. The second-order valence-corrected chi connectivity index (χ2v) is 22.4. The van der Waals surface area contributed by atoms with Crippen molar-refractivity contribution in [3.05, 3.63) is 60.8 Å². The molecule has 442 valence electrons. The summed E-state index contributed by atoms with van der Waals surface area (Å²) in [6.07, 6.45) is 82.4. The third-order valence-electron chi connectivity index (χ3n) is 14.7. The van der Waals surface area contributed by atoms with Crippen molar-refractivity contribution in [2.75, 3.05) is 13.2 Å². The topological polar surface area (TPSA) is 78.9 Å². The summed E-state index contributed by atoms with van der Waals surface area (Å²) in [6.45, 7) is 6.64. The molecule has 0 aromatic carbocycles. The van der Waals surface area contributed by atoms with E-state index in [2.05, 4.69) is 81.5 Å². The van der Waals surface area contributed by atoms with E-state index < -0.39 is 6.10 Å². The van der Waals surface area contributed by atoms with Gasteiger partial charge in [0, 0.05) is 19.3 Å². The van der Waals surface area contributed by atoms with Crippen LogP contribution in [0.4, 0.5) is 0 Å². The second-order valence-electron chi connectivity index (χ2n) is 22.4. The molecular formula is C70H126O6. The molecule has 6 nitrogen and oxygen atoms in total. The van der Waals surface area contributed by atoms with Gasteiger partial charge in [0.2, 0.25) is 0 Å². The number of rotatable bonds is 61. The molecule has 0 radical (unpaired) electrons. The van der Waals surface area contributed by atoms with Crippen LogP contribution >= 0.6 is 0 Å². The predicted octanol–water partition coefficient (Wildman–Crippen LogP) is 22.7. The fourth-order valence-corrected chi connectivity index (χ4v) is 9.72. The van der Waals surface area contributed by atoms with Gasteiger partial charge in [0.1, 0.15) is 13.2 Å². The zero-order valence-electron chi connectivity index (χ0n) is 50.8. The van der Waals surface area contributed by atoms with Crippen LogP contribution < -0.4 is 0 Å². The van der Waals surface area contributed by atoms with Crippen molar-refractivity contribution in [2.24, 2.45) is 0 Å². The van der Waals surface area contributed by atoms with Crippen molar-refractivity contribution in [2.45, 2.75) is 354 Å². The fraction of sp³-hybridized carbons (Fsp3) is 0.814. The molecule has 0 aliphatic rings. The molecule has 0 aromatic rings. The van der Waals surface area contributed by atoms with E-state index >= 15 is 0 Å². The number of hydrogen-bond acceptors (Lipinski definition) is 6. The molecule has 1 atom stereocenters. The van der Waals surface area contributed by atoms with Gasteiger partial charge in [-0.1, -0.05) is 300 Å². The Balaban J connectivity index is 4.21. The third-order valence-corrected chi connectivity index (χ3v) is 14.7. The number of carbonyl (C=O) groups is 3. The Kier molecular flexibility index (Phi) is 62.2. The maximum atomic E-state index is 12.9. The van der Waals surface area contributed by atoms with Gasteiger partial charge < -0.3 is 14.2 Å². The number of esters is 3. The molecule has 0 aliphatic heterocycles. The lowest BCUT2D eigenvalue weighted by atomic mass is 10.0. The van der Waals surface area contributed by atoms with Gasteiger partial charge >= 0.3 is 17.9 Å². The quantitative estimate of drug-likeness (QED) is 0.0261. The first-order chi connectivity index (χ1) is 37.5. The highest BCUT2D eigenvalue weighted by Crippen LogP contribution is 2.17. The van der Waals surface area contributed by atoms with Gasteiger partial charge in [0.05, 0.1) is 0 Å². The van der Waals surface area contributed by atoms with Gasteiger partial charge in [-0.2, -0.15) is 0 Å². The molecule has 0 rings (SSSR count). The Hall–Kier alpha value is -2.89. The highest BCUT2D eigenvalue weighted by atomic mass is 16.6. The van der Waals surface area contributed by atoms with Crippen LogP contribution in [0.3, 0.4) is 0 Å². The lowest BCUT2D eigenvalue weighted by molar-refractivity contribution is -0.167. The summed E-state index contributed by atoms with van der Waals surface area (Å²) in [5, 5.41) is 0. The molecule has 0 amide bonds. The summed E-state index contributed by atoms with van der Waals surface area (Å²) >= 11 is 0. The monoisotopic (exact) mass is 1060 g/mol. The standard InChI is InChI=1S/C70H126O6/c1-4-7-10-13-16-19-22-24-26-28-30-32-33-34-35-36-37-39-40-42-44-46-48-51-54-57-60-63-69(72)75-66-67(65-74-68(71)62-59-56-53-50-21-18-15-12-9-6-3)76-70(73)64-61-58-55-52-49-47-45-43-41-38-31-29-27-25-23-20-17-14-11-8-5-2/h22-25,28-31,33-34,67H,4-21,26-27,32,35-66H2,1-3H3/b24-22-,25-23-,30-28-,31-29-,34-33-. The van der Waals surface area contributed by atoms with Crippen LogP contribution in [0.1, 0.15) is 348 Å². The first-order valence-electron chi connectivity index (χ1n) is 33.3. The summed E-state index contributed by atoms with van der Waals surface area (Å²) in [5.74, 6) is -0.863. The predicted molar refractivity (Wildman–Crippen MR) is 330 cm³/mol. The van der Waals surface area contributed by atoms with Crippen molar-refractivity contribution >= 4 is 17.9 Å². The van der Waals surface area contributed by atoms with Crippen LogP contribution in [-0.4, -0.2) is 37.2 Å². The van der Waals surface area contributed by atoms with Gasteiger partial charge in [-0.15, -0.1) is 0 Å². The average molecular weight is 1060 g/mol. The first-order valence-corrected chi connectivity index (χ1v) is 33.3. The van der Waals surface area contributed by atoms with Crippen LogP contribution in [-0.2, 0) is 28.6 Å². The molecule has 0 saturated carbocycles. The van der Waals surface area contributed by atoms with E-state index in [-0.39, 0.29) is 31.1 Å². The molecule has 0 N–H and O–H groups in total. The van der Waals surface area contributed by atoms with Crippen LogP contribution in [0.5, 0.6) is 0 Å². The SMILES string of the molecule is CCCCCCC/C=C\C/C=C\C/C=C\CCCCCCCCCCCCCCC(=O)OCC(COC(=O)CCCCCCCCCCCC)OC(=O)CCCCCCCCCCC/C=C\C/C=C\CCCCCCC. The largest absolute Gasteiger partial charge is 0.462 e. The highest BCUT2D eigenvalue weighted by Gasteiger charge is 2.19. The Labute approximate surface area is 472 Å². The van der Waals surface area contributed by atoms with E-state index in [0.29, 0.717) is 19.3 Å². The summed E-state index contributed by atoms with van der Waals surface area (Å²) < 4.78 is 16.9. The minimum Gasteiger partial charge on any atom is -0.462 e. The van der Waals surface area contributed by atoms with Gasteiger partial charge in [-0.25, -0.2) is 0 Å². The van der Waals surface area contributed by atoms with E-state index in [9.17, 15) is 14.4 Å². The van der Waals surface area contributed by atoms with Crippen molar-refractivity contribution < 1.29 is 28.6 Å². The summed E-state index contributed by atoms with van der Waals surface area (Å²) in [5.41, 5.74) is 0. The maximum Gasteiger partial charge on any atom is 0.306 e.